The fraction of sp³-hybridized carbons (Fsp3) is 0.600. The number of unbranched alkanes of at least 4 members (excludes halogenated alkanes) is 1. The summed E-state index contributed by atoms with van der Waals surface area (Å²) in [5, 5.41) is 0. The van der Waals surface area contributed by atoms with E-state index in [9.17, 15) is 4.79 Å². The Labute approximate surface area is 43.5 Å². The van der Waals surface area contributed by atoms with E-state index in [1.54, 1.807) is 0 Å². The van der Waals surface area contributed by atoms with Crippen LogP contribution in [0.2, 0.25) is 0 Å². The third-order valence-corrected chi connectivity index (χ3v) is 0.611. The molecule has 0 rings (SSSR count). The second-order valence-electron chi connectivity index (χ2n) is 1.22. The summed E-state index contributed by atoms with van der Waals surface area (Å²) in [4.78, 5) is 9.60. The van der Waals surface area contributed by atoms with E-state index in [0.717, 1.165) is 12.7 Å². The summed E-state index contributed by atoms with van der Waals surface area (Å²) in [7, 11) is 3.14. The lowest BCUT2D eigenvalue weighted by Crippen LogP contribution is -1.85. The highest BCUT2D eigenvalue weighted by Gasteiger charge is 1.79. The zero-order valence-electron chi connectivity index (χ0n) is 4.22. The van der Waals surface area contributed by atoms with Crippen LogP contribution in [0.1, 0.15) is 12.8 Å². The molecular weight excluding hydrogens is 92.1 g/mol. The minimum atomic E-state index is 0.579. The highest BCUT2D eigenvalue weighted by molar-refractivity contribution is 5.48. The van der Waals surface area contributed by atoms with Gasteiger partial charge in [-0.25, -0.2) is 0 Å². The van der Waals surface area contributed by atoms with Crippen LogP contribution in [-0.2, 0) is 9.53 Å². The van der Waals surface area contributed by atoms with Gasteiger partial charge in [0.25, 0.3) is 0 Å². The van der Waals surface area contributed by atoms with Gasteiger partial charge in [-0.05, 0) is 6.42 Å². The Bertz CT molecular complexity index is 43.3. The molecule has 0 spiro atoms. The van der Waals surface area contributed by atoms with Gasteiger partial charge in [-0.2, -0.15) is 0 Å². The molecule has 0 aromatic rings. The molecule has 0 aliphatic rings. The van der Waals surface area contributed by atoms with Crippen molar-refractivity contribution < 1.29 is 9.53 Å². The maximum atomic E-state index is 9.60. The van der Waals surface area contributed by atoms with E-state index in [2.05, 4.69) is 11.8 Å². The highest BCUT2D eigenvalue weighted by atomic mass is 16.5. The molecule has 0 fully saturated rings. The highest BCUT2D eigenvalue weighted by Crippen LogP contribution is 1.82. The molecule has 2 nitrogen and oxygen atoms in total. The lowest BCUT2D eigenvalue weighted by molar-refractivity contribution is -0.108. The van der Waals surface area contributed by atoms with Gasteiger partial charge in [-0.1, -0.05) is 0 Å². The smallest absolute Gasteiger partial charge is 0.120 e. The Morgan fingerprint density at radius 3 is 2.86 bits per heavy atom. The van der Waals surface area contributed by atoms with Gasteiger partial charge in [0, 0.05) is 13.0 Å². The van der Waals surface area contributed by atoms with Gasteiger partial charge in [-0.3, -0.25) is 0 Å². The largest absolute Gasteiger partial charge is 0.379 e. The Kier molecular flexibility index (Phi) is 5.33. The third-order valence-electron chi connectivity index (χ3n) is 0.611. The summed E-state index contributed by atoms with van der Waals surface area (Å²) in [6.07, 6.45) is 2.24. The molecule has 0 amide bonds. The third kappa shape index (κ3) is 5.63. The van der Waals surface area contributed by atoms with Crippen molar-refractivity contribution in [3.8, 4) is 0 Å². The lowest BCUT2D eigenvalue weighted by Gasteiger charge is -1.88. The molecule has 1 radical (unpaired) electrons. The SMILES string of the molecule is [CH2]OCCCC=O. The van der Waals surface area contributed by atoms with E-state index in [4.69, 9.17) is 0 Å². The maximum absolute atomic E-state index is 9.60. The van der Waals surface area contributed by atoms with Crippen LogP contribution >= 0.6 is 0 Å². The van der Waals surface area contributed by atoms with Crippen LogP contribution in [0.5, 0.6) is 0 Å². The first-order valence-electron chi connectivity index (χ1n) is 2.22. The van der Waals surface area contributed by atoms with Crippen LogP contribution in [0.15, 0.2) is 0 Å². The van der Waals surface area contributed by atoms with Gasteiger partial charge >= 0.3 is 0 Å². The summed E-state index contributed by atoms with van der Waals surface area (Å²) in [5.41, 5.74) is 0. The first kappa shape index (κ1) is 6.63. The number of hydrogen-bond acceptors (Lipinski definition) is 2. The predicted octanol–water partition coefficient (Wildman–Crippen LogP) is 0.774. The summed E-state index contributed by atoms with van der Waals surface area (Å²) >= 11 is 0. The first-order valence-corrected chi connectivity index (χ1v) is 2.22. The van der Waals surface area contributed by atoms with Crippen molar-refractivity contribution in [3.05, 3.63) is 7.11 Å². The number of carbonyl (C=O) groups excluding carboxylic acids is 1. The van der Waals surface area contributed by atoms with Crippen LogP contribution in [-0.4, -0.2) is 12.9 Å². The maximum Gasteiger partial charge on any atom is 0.120 e. The van der Waals surface area contributed by atoms with Crippen LogP contribution in [0, 0.1) is 7.11 Å². The Morgan fingerprint density at radius 2 is 2.43 bits per heavy atom. The number of rotatable bonds is 4. The van der Waals surface area contributed by atoms with Gasteiger partial charge in [0.2, 0.25) is 0 Å². The molecule has 2 heteroatoms. The van der Waals surface area contributed by atoms with E-state index in [1.165, 1.54) is 0 Å². The molecule has 0 aromatic carbocycles. The van der Waals surface area contributed by atoms with Crippen LogP contribution in [0.3, 0.4) is 0 Å². The van der Waals surface area contributed by atoms with E-state index >= 15 is 0 Å². The first-order chi connectivity index (χ1) is 3.41. The Balaban J connectivity index is 2.56. The van der Waals surface area contributed by atoms with Crippen LogP contribution in [0.25, 0.3) is 0 Å². The molecule has 0 saturated heterocycles. The molecule has 0 aromatic heterocycles. The molecule has 0 aliphatic carbocycles. The fourth-order valence-corrected chi connectivity index (χ4v) is 0.269. The van der Waals surface area contributed by atoms with E-state index < -0.39 is 0 Å². The molecule has 41 valence electrons. The molecule has 0 atom stereocenters. The normalized spacial score (nSPS) is 8.71. The van der Waals surface area contributed by atoms with Gasteiger partial charge in [0.15, 0.2) is 0 Å². The predicted molar refractivity (Wildman–Crippen MR) is 26.6 cm³/mol. The van der Waals surface area contributed by atoms with Gasteiger partial charge in [-0.15, -0.1) is 0 Å². The van der Waals surface area contributed by atoms with Crippen LogP contribution < -0.4 is 0 Å². The van der Waals surface area contributed by atoms with Crippen LogP contribution in [0.4, 0.5) is 0 Å². The topological polar surface area (TPSA) is 26.3 Å². The van der Waals surface area contributed by atoms with E-state index in [1.807, 2.05) is 0 Å². The number of hydrogen-bond donors (Lipinski definition) is 0. The zero-order valence-corrected chi connectivity index (χ0v) is 4.22. The van der Waals surface area contributed by atoms with E-state index in [0.29, 0.717) is 13.0 Å². The molecule has 0 bridgehead atoms. The number of aldehydes is 1. The van der Waals surface area contributed by atoms with Crippen molar-refractivity contribution in [2.24, 2.45) is 0 Å². The van der Waals surface area contributed by atoms with Crippen molar-refractivity contribution in [3.63, 3.8) is 0 Å². The van der Waals surface area contributed by atoms with Crippen molar-refractivity contribution in [1.82, 2.24) is 0 Å². The molecule has 0 N–H and O–H groups in total. The van der Waals surface area contributed by atoms with Crippen molar-refractivity contribution in [2.75, 3.05) is 6.61 Å². The van der Waals surface area contributed by atoms with Crippen molar-refractivity contribution >= 4 is 6.29 Å². The summed E-state index contributed by atoms with van der Waals surface area (Å²) in [6, 6.07) is 0. The Hall–Kier alpha value is -0.370. The molecule has 7 heavy (non-hydrogen) atoms. The lowest BCUT2D eigenvalue weighted by atomic mass is 10.4. The molecule has 0 saturated carbocycles. The average Bonchev–Trinajstić information content (AvgIpc) is 1.69. The summed E-state index contributed by atoms with van der Waals surface area (Å²) < 4.78 is 4.43. The minimum Gasteiger partial charge on any atom is -0.379 e. The molecular formula is C5H9O2. The number of ether oxygens (including phenoxy) is 1. The quantitative estimate of drug-likeness (QED) is 0.386. The fourth-order valence-electron chi connectivity index (χ4n) is 0.269. The van der Waals surface area contributed by atoms with Gasteiger partial charge in [0.1, 0.15) is 6.29 Å². The standard InChI is InChI=1S/C5H9O2/c1-7-5-3-2-4-6/h4H,1-3,5H2. The zero-order chi connectivity index (χ0) is 5.54. The second kappa shape index (κ2) is 5.63. The van der Waals surface area contributed by atoms with Gasteiger partial charge < -0.3 is 9.53 Å². The molecule has 0 heterocycles. The van der Waals surface area contributed by atoms with Gasteiger partial charge in [0.05, 0.1) is 7.11 Å². The monoisotopic (exact) mass is 101 g/mol. The molecule has 0 aliphatic heterocycles. The second-order valence-corrected chi connectivity index (χ2v) is 1.22. The summed E-state index contributed by atoms with van der Waals surface area (Å²) in [6.45, 7) is 0.582. The summed E-state index contributed by atoms with van der Waals surface area (Å²) in [5.74, 6) is 0. The van der Waals surface area contributed by atoms with Crippen molar-refractivity contribution in [1.29, 1.82) is 0 Å². The number of carbonyl (C=O) groups is 1. The van der Waals surface area contributed by atoms with E-state index in [-0.39, 0.29) is 0 Å². The molecule has 0 unspecified atom stereocenters. The average molecular weight is 101 g/mol. The minimum absolute atomic E-state index is 0.579. The Morgan fingerprint density at radius 1 is 1.71 bits per heavy atom. The van der Waals surface area contributed by atoms with Crippen molar-refractivity contribution in [2.45, 2.75) is 12.8 Å².